The summed E-state index contributed by atoms with van der Waals surface area (Å²) < 4.78 is 1.56. The van der Waals surface area contributed by atoms with Gasteiger partial charge in [-0.05, 0) is 26.3 Å². The number of nitrogens with zero attached hydrogens (tertiary/aromatic N) is 2. The van der Waals surface area contributed by atoms with Gasteiger partial charge >= 0.3 is 0 Å². The summed E-state index contributed by atoms with van der Waals surface area (Å²) in [7, 11) is 1.75. The molecule has 2 N–H and O–H groups in total. The van der Waals surface area contributed by atoms with Crippen LogP contribution >= 0.6 is 11.6 Å². The summed E-state index contributed by atoms with van der Waals surface area (Å²) in [5.74, 6) is -0.213. The lowest BCUT2D eigenvalue weighted by Crippen LogP contribution is -2.31. The second kappa shape index (κ2) is 6.56. The van der Waals surface area contributed by atoms with Crippen LogP contribution in [0.4, 0.5) is 0 Å². The van der Waals surface area contributed by atoms with Crippen molar-refractivity contribution in [1.29, 1.82) is 0 Å². The van der Waals surface area contributed by atoms with E-state index in [1.54, 1.807) is 17.8 Å². The minimum absolute atomic E-state index is 0.0543. The molecule has 1 rings (SSSR count). The quantitative estimate of drug-likeness (QED) is 0.793. The Kier molecular flexibility index (Phi) is 5.37. The normalized spacial score (nSPS) is 12.9. The van der Waals surface area contributed by atoms with Gasteiger partial charge in [-0.1, -0.05) is 11.6 Å². The van der Waals surface area contributed by atoms with Gasteiger partial charge in [0.15, 0.2) is 0 Å². The highest BCUT2D eigenvalue weighted by atomic mass is 35.5. The zero-order valence-corrected chi connectivity index (χ0v) is 11.5. The highest BCUT2D eigenvalue weighted by Gasteiger charge is 2.09. The van der Waals surface area contributed by atoms with Crippen LogP contribution in [0.15, 0.2) is 6.08 Å². The van der Waals surface area contributed by atoms with Crippen LogP contribution in [-0.4, -0.2) is 33.4 Å². The van der Waals surface area contributed by atoms with E-state index in [0.717, 1.165) is 11.3 Å². The van der Waals surface area contributed by atoms with Crippen LogP contribution in [0.2, 0.25) is 5.15 Å². The summed E-state index contributed by atoms with van der Waals surface area (Å²) in [4.78, 5) is 11.6. The second-order valence-corrected chi connectivity index (χ2v) is 4.53. The molecule has 0 bridgehead atoms. The molecular formula is C12H18ClN3O2. The van der Waals surface area contributed by atoms with Crippen LogP contribution in [-0.2, 0) is 11.8 Å². The lowest BCUT2D eigenvalue weighted by molar-refractivity contribution is -0.117. The van der Waals surface area contributed by atoms with Crippen molar-refractivity contribution < 1.29 is 9.90 Å². The molecular weight excluding hydrogens is 254 g/mol. The Morgan fingerprint density at radius 3 is 2.83 bits per heavy atom. The van der Waals surface area contributed by atoms with E-state index in [-0.39, 0.29) is 18.6 Å². The number of carbonyl (C=O) groups excluding carboxylic acids is 1. The number of rotatable bonds is 5. The minimum Gasteiger partial charge on any atom is -0.396 e. The average molecular weight is 272 g/mol. The monoisotopic (exact) mass is 271 g/mol. The lowest BCUT2D eigenvalue weighted by atomic mass is 10.2. The fourth-order valence-electron chi connectivity index (χ4n) is 1.55. The third-order valence-electron chi connectivity index (χ3n) is 2.55. The Morgan fingerprint density at radius 1 is 1.67 bits per heavy atom. The highest BCUT2D eigenvalue weighted by Crippen LogP contribution is 2.19. The van der Waals surface area contributed by atoms with E-state index in [4.69, 9.17) is 16.7 Å². The zero-order chi connectivity index (χ0) is 13.7. The van der Waals surface area contributed by atoms with E-state index in [1.807, 2.05) is 13.8 Å². The SMILES string of the molecule is Cc1nn(C)c(Cl)c1/C=C/C(=O)N[C@H](C)CCO. The third-order valence-corrected chi connectivity index (χ3v) is 3.00. The van der Waals surface area contributed by atoms with E-state index in [1.165, 1.54) is 6.08 Å². The predicted molar refractivity (Wildman–Crippen MR) is 71.3 cm³/mol. The molecule has 0 fully saturated rings. The molecule has 18 heavy (non-hydrogen) atoms. The first-order valence-corrected chi connectivity index (χ1v) is 6.12. The van der Waals surface area contributed by atoms with Gasteiger partial charge in [0.05, 0.1) is 5.69 Å². The van der Waals surface area contributed by atoms with Gasteiger partial charge in [-0.3, -0.25) is 9.48 Å². The Bertz CT molecular complexity index is 454. The molecule has 1 aromatic heterocycles. The Balaban J connectivity index is 2.66. The van der Waals surface area contributed by atoms with Gasteiger partial charge in [0.1, 0.15) is 5.15 Å². The number of carbonyl (C=O) groups is 1. The number of halogens is 1. The topological polar surface area (TPSA) is 67.2 Å². The summed E-state index contributed by atoms with van der Waals surface area (Å²) in [6.07, 6.45) is 3.60. The Labute approximate surface area is 111 Å². The number of aromatic nitrogens is 2. The van der Waals surface area contributed by atoms with Gasteiger partial charge < -0.3 is 10.4 Å². The highest BCUT2D eigenvalue weighted by molar-refractivity contribution is 6.31. The number of hydrogen-bond donors (Lipinski definition) is 2. The number of amides is 1. The number of hydrogen-bond acceptors (Lipinski definition) is 3. The van der Waals surface area contributed by atoms with Crippen molar-refractivity contribution in [2.75, 3.05) is 6.61 Å². The van der Waals surface area contributed by atoms with E-state index >= 15 is 0 Å². The molecule has 0 radical (unpaired) electrons. The first kappa shape index (κ1) is 14.7. The molecule has 1 aromatic rings. The Hall–Kier alpha value is -1.33. The molecule has 1 amide bonds. The molecule has 5 nitrogen and oxygen atoms in total. The summed E-state index contributed by atoms with van der Waals surface area (Å²) >= 11 is 6.04. The van der Waals surface area contributed by atoms with Gasteiger partial charge in [0.2, 0.25) is 5.91 Å². The molecule has 100 valence electrons. The molecule has 0 unspecified atom stereocenters. The van der Waals surface area contributed by atoms with Gasteiger partial charge in [-0.15, -0.1) is 0 Å². The van der Waals surface area contributed by atoms with Crippen LogP contribution in [0.3, 0.4) is 0 Å². The Morgan fingerprint density at radius 2 is 2.33 bits per heavy atom. The van der Waals surface area contributed by atoms with Crippen LogP contribution in [0, 0.1) is 6.92 Å². The minimum atomic E-state index is -0.213. The summed E-state index contributed by atoms with van der Waals surface area (Å²) in [5, 5.41) is 16.1. The first-order chi connectivity index (χ1) is 8.45. The van der Waals surface area contributed by atoms with Crippen molar-refractivity contribution in [3.63, 3.8) is 0 Å². The van der Waals surface area contributed by atoms with Gasteiger partial charge in [-0.2, -0.15) is 5.10 Å². The lowest BCUT2D eigenvalue weighted by Gasteiger charge is -2.09. The maximum Gasteiger partial charge on any atom is 0.244 e. The summed E-state index contributed by atoms with van der Waals surface area (Å²) in [5.41, 5.74) is 1.51. The molecule has 0 aliphatic carbocycles. The molecule has 1 atom stereocenters. The van der Waals surface area contributed by atoms with Gasteiger partial charge in [0, 0.05) is 31.3 Å². The van der Waals surface area contributed by atoms with E-state index in [0.29, 0.717) is 11.6 Å². The van der Waals surface area contributed by atoms with Crippen molar-refractivity contribution in [2.45, 2.75) is 26.3 Å². The maximum absolute atomic E-state index is 11.6. The number of aliphatic hydroxyl groups is 1. The van der Waals surface area contributed by atoms with Crippen molar-refractivity contribution in [3.8, 4) is 0 Å². The van der Waals surface area contributed by atoms with Crippen LogP contribution in [0.5, 0.6) is 0 Å². The molecule has 0 spiro atoms. The molecule has 0 saturated carbocycles. The molecule has 6 heteroatoms. The van der Waals surface area contributed by atoms with Crippen LogP contribution in [0.1, 0.15) is 24.6 Å². The van der Waals surface area contributed by atoms with Crippen molar-refractivity contribution >= 4 is 23.6 Å². The number of nitrogens with one attached hydrogen (secondary N) is 1. The van der Waals surface area contributed by atoms with E-state index < -0.39 is 0 Å². The molecule has 1 heterocycles. The number of aliphatic hydroxyl groups excluding tert-OH is 1. The van der Waals surface area contributed by atoms with Crippen molar-refractivity contribution in [2.24, 2.45) is 7.05 Å². The fourth-order valence-corrected chi connectivity index (χ4v) is 1.79. The van der Waals surface area contributed by atoms with Gasteiger partial charge in [-0.25, -0.2) is 0 Å². The average Bonchev–Trinajstić information content (AvgIpc) is 2.51. The smallest absolute Gasteiger partial charge is 0.244 e. The second-order valence-electron chi connectivity index (χ2n) is 4.17. The zero-order valence-electron chi connectivity index (χ0n) is 10.8. The van der Waals surface area contributed by atoms with E-state index in [2.05, 4.69) is 10.4 Å². The molecule has 0 saturated heterocycles. The molecule has 0 aliphatic heterocycles. The third kappa shape index (κ3) is 3.85. The maximum atomic E-state index is 11.6. The van der Waals surface area contributed by atoms with Gasteiger partial charge in [0.25, 0.3) is 0 Å². The van der Waals surface area contributed by atoms with Crippen LogP contribution < -0.4 is 5.32 Å². The first-order valence-electron chi connectivity index (χ1n) is 5.74. The summed E-state index contributed by atoms with van der Waals surface area (Å²) in [6, 6.07) is -0.0578. The fraction of sp³-hybridized carbons (Fsp3) is 0.500. The summed E-state index contributed by atoms with van der Waals surface area (Å²) in [6.45, 7) is 3.72. The van der Waals surface area contributed by atoms with Crippen molar-refractivity contribution in [3.05, 3.63) is 22.5 Å². The molecule has 0 aromatic carbocycles. The van der Waals surface area contributed by atoms with Crippen LogP contribution in [0.25, 0.3) is 6.08 Å². The largest absolute Gasteiger partial charge is 0.396 e. The predicted octanol–water partition coefficient (Wildman–Crippen LogP) is 1.28. The van der Waals surface area contributed by atoms with Crippen molar-refractivity contribution in [1.82, 2.24) is 15.1 Å². The molecule has 0 aliphatic rings. The standard InChI is InChI=1S/C12H18ClN3O2/c1-8(6-7-17)14-11(18)5-4-10-9(2)15-16(3)12(10)13/h4-5,8,17H,6-7H2,1-3H3,(H,14,18)/b5-4+/t8-/m1/s1. The van der Waals surface area contributed by atoms with E-state index in [9.17, 15) is 4.79 Å². The number of aryl methyl sites for hydroxylation is 2.